The minimum atomic E-state index is -0.750. The summed E-state index contributed by atoms with van der Waals surface area (Å²) in [5.74, 6) is 0. The van der Waals surface area contributed by atoms with Gasteiger partial charge in [0.15, 0.2) is 4.30 Å². The van der Waals surface area contributed by atoms with E-state index in [4.69, 9.17) is 34.8 Å². The molecule has 0 heterocycles. The van der Waals surface area contributed by atoms with Crippen molar-refractivity contribution in [1.82, 2.24) is 0 Å². The molecule has 0 aliphatic rings. The third-order valence-corrected chi connectivity index (χ3v) is 3.94. The average Bonchev–Trinajstić information content (AvgIpc) is 2.45. The summed E-state index contributed by atoms with van der Waals surface area (Å²) in [6.07, 6.45) is 11.1. The predicted molar refractivity (Wildman–Crippen MR) is 101 cm³/mol. The van der Waals surface area contributed by atoms with E-state index in [1.807, 2.05) is 0 Å². The van der Waals surface area contributed by atoms with Crippen LogP contribution in [0.25, 0.3) is 0 Å². The Kier molecular flexibility index (Phi) is 26.0. The molecule has 0 bridgehead atoms. The summed E-state index contributed by atoms with van der Waals surface area (Å²) in [6, 6.07) is 0. The Morgan fingerprint density at radius 2 is 0.773 bits per heavy atom. The SMILES string of the molecule is CCCC[N+](CCCC)(CCCC)CCCC.ClC(Cl)Cl.[Br-]. The van der Waals surface area contributed by atoms with Crippen LogP contribution < -0.4 is 17.0 Å². The Morgan fingerprint density at radius 1 is 0.591 bits per heavy atom. The third kappa shape index (κ3) is 19.4. The van der Waals surface area contributed by atoms with Crippen LogP contribution in [0, 0.1) is 0 Å². The second-order valence-corrected chi connectivity index (χ2v) is 7.88. The second kappa shape index (κ2) is 20.4. The summed E-state index contributed by atoms with van der Waals surface area (Å²) in [5.41, 5.74) is 0. The van der Waals surface area contributed by atoms with E-state index in [0.717, 1.165) is 0 Å². The number of alkyl halides is 3. The zero-order chi connectivity index (χ0) is 16.6. The van der Waals surface area contributed by atoms with Crippen LogP contribution in [0.4, 0.5) is 0 Å². The molecule has 5 heteroatoms. The predicted octanol–water partition coefficient (Wildman–Crippen LogP) is 3.99. The van der Waals surface area contributed by atoms with Gasteiger partial charge in [-0.3, -0.25) is 0 Å². The van der Waals surface area contributed by atoms with Crippen molar-refractivity contribution in [2.24, 2.45) is 0 Å². The number of halogens is 4. The van der Waals surface area contributed by atoms with E-state index in [1.54, 1.807) is 0 Å². The summed E-state index contributed by atoms with van der Waals surface area (Å²) in [5, 5.41) is 0. The number of unbranched alkanes of at least 4 members (excludes halogenated alkanes) is 4. The molecule has 0 rings (SSSR count). The van der Waals surface area contributed by atoms with Gasteiger partial charge >= 0.3 is 0 Å². The fourth-order valence-electron chi connectivity index (χ4n) is 2.64. The molecule has 138 valence electrons. The molecule has 0 aromatic rings. The fourth-order valence-corrected chi connectivity index (χ4v) is 2.64. The molecule has 0 amide bonds. The molecular formula is C17H37BrCl3N. The molecule has 0 atom stereocenters. The highest BCUT2D eigenvalue weighted by Gasteiger charge is 2.24. The van der Waals surface area contributed by atoms with Crippen molar-refractivity contribution in [3.63, 3.8) is 0 Å². The lowest BCUT2D eigenvalue weighted by molar-refractivity contribution is -0.929. The number of rotatable bonds is 12. The Balaban J connectivity index is -0.000000640. The summed E-state index contributed by atoms with van der Waals surface area (Å²) in [6.45, 7) is 15.0. The largest absolute Gasteiger partial charge is 1.00 e. The van der Waals surface area contributed by atoms with Crippen molar-refractivity contribution in [2.75, 3.05) is 26.2 Å². The molecule has 0 radical (unpaired) electrons. The van der Waals surface area contributed by atoms with E-state index >= 15 is 0 Å². The van der Waals surface area contributed by atoms with Gasteiger partial charge in [-0.1, -0.05) is 88.2 Å². The molecule has 0 aromatic carbocycles. The van der Waals surface area contributed by atoms with Crippen molar-refractivity contribution < 1.29 is 21.5 Å². The van der Waals surface area contributed by atoms with Gasteiger partial charge in [-0.15, -0.1) is 0 Å². The minimum absolute atomic E-state index is 0. The first-order valence-electron chi connectivity index (χ1n) is 8.75. The highest BCUT2D eigenvalue weighted by molar-refractivity contribution is 6.63. The molecule has 0 aliphatic carbocycles. The highest BCUT2D eigenvalue weighted by Crippen LogP contribution is 2.16. The average molecular weight is 442 g/mol. The topological polar surface area (TPSA) is 0 Å². The van der Waals surface area contributed by atoms with Gasteiger partial charge in [-0.05, 0) is 25.7 Å². The third-order valence-electron chi connectivity index (χ3n) is 3.94. The molecule has 0 N–H and O–H groups in total. The van der Waals surface area contributed by atoms with Gasteiger partial charge in [-0.25, -0.2) is 0 Å². The van der Waals surface area contributed by atoms with Crippen LogP contribution in [0.3, 0.4) is 0 Å². The number of quaternary nitrogens is 1. The van der Waals surface area contributed by atoms with E-state index in [9.17, 15) is 0 Å². The van der Waals surface area contributed by atoms with E-state index < -0.39 is 4.30 Å². The van der Waals surface area contributed by atoms with Crippen LogP contribution in [-0.2, 0) is 0 Å². The number of nitrogens with zero attached hydrogens (tertiary/aromatic N) is 1. The van der Waals surface area contributed by atoms with Gasteiger partial charge in [0.05, 0.1) is 26.2 Å². The standard InChI is InChI=1S/C16H36N.CHCl3.BrH/c1-5-9-13-17(14-10-6-2,15-11-7-3)16-12-8-4;2-1(3)4;/h5-16H2,1-4H3;1H;1H/q+1;;/p-1. The van der Waals surface area contributed by atoms with Crippen molar-refractivity contribution in [2.45, 2.75) is 83.4 Å². The van der Waals surface area contributed by atoms with Crippen LogP contribution in [0.15, 0.2) is 0 Å². The quantitative estimate of drug-likeness (QED) is 0.317. The van der Waals surface area contributed by atoms with Gasteiger partial charge in [0, 0.05) is 0 Å². The molecule has 0 unspecified atom stereocenters. The first kappa shape index (κ1) is 28.1. The first-order valence-corrected chi connectivity index (χ1v) is 10.1. The lowest BCUT2D eigenvalue weighted by atomic mass is 10.1. The maximum Gasteiger partial charge on any atom is 0.180 e. The number of hydrogen-bond donors (Lipinski definition) is 0. The molecule has 0 spiro atoms. The second-order valence-electron chi connectivity index (χ2n) is 5.90. The fraction of sp³-hybridized carbons (Fsp3) is 1.00. The molecular weight excluding hydrogens is 404 g/mol. The molecule has 22 heavy (non-hydrogen) atoms. The normalized spacial score (nSPS) is 10.9. The van der Waals surface area contributed by atoms with Gasteiger partial charge in [0.1, 0.15) is 0 Å². The zero-order valence-electron chi connectivity index (χ0n) is 15.0. The lowest BCUT2D eigenvalue weighted by Gasteiger charge is -2.39. The van der Waals surface area contributed by atoms with Crippen LogP contribution >= 0.6 is 34.8 Å². The van der Waals surface area contributed by atoms with Crippen LogP contribution in [0.2, 0.25) is 0 Å². The zero-order valence-corrected chi connectivity index (χ0v) is 18.9. The summed E-state index contributed by atoms with van der Waals surface area (Å²) in [7, 11) is 0. The molecule has 0 fully saturated rings. The maximum absolute atomic E-state index is 4.81. The first-order chi connectivity index (χ1) is 9.97. The van der Waals surface area contributed by atoms with Gasteiger partial charge < -0.3 is 21.5 Å². The van der Waals surface area contributed by atoms with Crippen molar-refractivity contribution in [3.8, 4) is 0 Å². The van der Waals surface area contributed by atoms with Crippen LogP contribution in [0.5, 0.6) is 0 Å². The van der Waals surface area contributed by atoms with E-state index in [-0.39, 0.29) is 17.0 Å². The Bertz CT molecular complexity index is 164. The van der Waals surface area contributed by atoms with Crippen molar-refractivity contribution in [1.29, 1.82) is 0 Å². The van der Waals surface area contributed by atoms with Gasteiger partial charge in [-0.2, -0.15) is 0 Å². The van der Waals surface area contributed by atoms with E-state index in [0.29, 0.717) is 0 Å². The Morgan fingerprint density at radius 3 is 0.909 bits per heavy atom. The molecule has 0 saturated carbocycles. The van der Waals surface area contributed by atoms with Gasteiger partial charge in [0.2, 0.25) is 0 Å². The van der Waals surface area contributed by atoms with Crippen LogP contribution in [0.1, 0.15) is 79.1 Å². The van der Waals surface area contributed by atoms with Crippen molar-refractivity contribution in [3.05, 3.63) is 0 Å². The Labute approximate surface area is 165 Å². The summed E-state index contributed by atoms with van der Waals surface area (Å²) < 4.78 is 0.670. The molecule has 0 saturated heterocycles. The molecule has 1 nitrogen and oxygen atoms in total. The van der Waals surface area contributed by atoms with E-state index in [1.165, 1.54) is 82.0 Å². The Hall–Kier alpha value is 1.31. The van der Waals surface area contributed by atoms with Crippen molar-refractivity contribution >= 4 is 34.8 Å². The number of hydrogen-bond acceptors (Lipinski definition) is 0. The monoisotopic (exact) mass is 439 g/mol. The highest BCUT2D eigenvalue weighted by atomic mass is 79.9. The lowest BCUT2D eigenvalue weighted by Crippen LogP contribution is -3.00. The minimum Gasteiger partial charge on any atom is -1.00 e. The molecule has 0 aromatic heterocycles. The molecule has 0 aliphatic heterocycles. The van der Waals surface area contributed by atoms with E-state index in [2.05, 4.69) is 27.7 Å². The van der Waals surface area contributed by atoms with Gasteiger partial charge in [0.25, 0.3) is 0 Å². The smallest absolute Gasteiger partial charge is 0.180 e. The summed E-state index contributed by atoms with van der Waals surface area (Å²) >= 11 is 14.4. The van der Waals surface area contributed by atoms with Crippen LogP contribution in [-0.4, -0.2) is 35.0 Å². The maximum atomic E-state index is 4.81. The summed E-state index contributed by atoms with van der Waals surface area (Å²) in [4.78, 5) is 0.